The zero-order valence-corrected chi connectivity index (χ0v) is 13.3. The summed E-state index contributed by atoms with van der Waals surface area (Å²) in [6.45, 7) is 3.96. The van der Waals surface area contributed by atoms with Crippen LogP contribution in [0.4, 0.5) is 0 Å². The minimum absolute atomic E-state index is 0.121. The van der Waals surface area contributed by atoms with Gasteiger partial charge in [0.1, 0.15) is 0 Å². The van der Waals surface area contributed by atoms with E-state index in [2.05, 4.69) is 9.97 Å². The Labute approximate surface area is 134 Å². The molecule has 0 aliphatic carbocycles. The average Bonchev–Trinajstić information content (AvgIpc) is 3.02. The number of thioether (sulfide) groups is 1. The molecule has 1 aromatic heterocycles. The van der Waals surface area contributed by atoms with Gasteiger partial charge in [0.15, 0.2) is 5.16 Å². The van der Waals surface area contributed by atoms with E-state index in [4.69, 9.17) is 4.74 Å². The molecule has 2 heterocycles. The molecule has 1 aliphatic rings. The number of carbonyl (C=O) groups excluding carboxylic acids is 1. The second-order valence-corrected chi connectivity index (χ2v) is 6.24. The van der Waals surface area contributed by atoms with Gasteiger partial charge in [-0.15, -0.1) is 0 Å². The van der Waals surface area contributed by atoms with Crippen molar-refractivity contribution in [2.45, 2.75) is 18.2 Å². The maximum atomic E-state index is 12.2. The van der Waals surface area contributed by atoms with Gasteiger partial charge in [-0.2, -0.15) is 0 Å². The molecule has 1 atom stereocenters. The molecule has 1 saturated heterocycles. The normalized spacial score (nSPS) is 18.4. The van der Waals surface area contributed by atoms with E-state index < -0.39 is 0 Å². The monoisotopic (exact) mass is 317 g/mol. The smallest absolute Gasteiger partial charge is 0.233 e. The highest BCUT2D eigenvalue weighted by molar-refractivity contribution is 7.99. The molecule has 3 rings (SSSR count). The number of imidazole rings is 1. The van der Waals surface area contributed by atoms with Crippen molar-refractivity contribution in [1.82, 2.24) is 14.9 Å². The fourth-order valence-corrected chi connectivity index (χ4v) is 3.16. The van der Waals surface area contributed by atoms with Crippen LogP contribution in [0.2, 0.25) is 0 Å². The van der Waals surface area contributed by atoms with E-state index in [0.717, 1.165) is 16.4 Å². The van der Waals surface area contributed by atoms with Crippen molar-refractivity contribution in [3.05, 3.63) is 36.5 Å². The van der Waals surface area contributed by atoms with Crippen molar-refractivity contribution in [2.75, 3.05) is 25.4 Å². The molecule has 1 fully saturated rings. The van der Waals surface area contributed by atoms with Crippen LogP contribution in [0, 0.1) is 0 Å². The van der Waals surface area contributed by atoms with Crippen LogP contribution in [0.25, 0.3) is 11.3 Å². The molecule has 0 unspecified atom stereocenters. The number of morpholine rings is 1. The molecule has 0 spiro atoms. The first-order valence-corrected chi connectivity index (χ1v) is 8.33. The Kier molecular flexibility index (Phi) is 4.80. The first-order chi connectivity index (χ1) is 10.7. The predicted octanol–water partition coefficient (Wildman–Crippen LogP) is 2.42. The summed E-state index contributed by atoms with van der Waals surface area (Å²) in [5, 5.41) is 0.772. The molecule has 1 aromatic carbocycles. The molecule has 5 nitrogen and oxygen atoms in total. The maximum absolute atomic E-state index is 12.2. The van der Waals surface area contributed by atoms with Gasteiger partial charge >= 0.3 is 0 Å². The van der Waals surface area contributed by atoms with Gasteiger partial charge in [-0.25, -0.2) is 4.98 Å². The van der Waals surface area contributed by atoms with Crippen molar-refractivity contribution in [1.29, 1.82) is 0 Å². The van der Waals surface area contributed by atoms with Crippen molar-refractivity contribution in [2.24, 2.45) is 0 Å². The van der Waals surface area contributed by atoms with E-state index >= 15 is 0 Å². The topological polar surface area (TPSA) is 58.2 Å². The Bertz CT molecular complexity index is 629. The Morgan fingerprint density at radius 2 is 2.27 bits per heavy atom. The summed E-state index contributed by atoms with van der Waals surface area (Å²) in [6, 6.07) is 10.0. The number of aromatic nitrogens is 2. The molecule has 6 heteroatoms. The van der Waals surface area contributed by atoms with E-state index in [0.29, 0.717) is 25.4 Å². The van der Waals surface area contributed by atoms with Gasteiger partial charge in [-0.05, 0) is 12.5 Å². The molecular weight excluding hydrogens is 298 g/mol. The van der Waals surface area contributed by atoms with Gasteiger partial charge < -0.3 is 14.6 Å². The lowest BCUT2D eigenvalue weighted by Gasteiger charge is -2.31. The quantitative estimate of drug-likeness (QED) is 0.880. The van der Waals surface area contributed by atoms with Gasteiger partial charge in [0.2, 0.25) is 5.91 Å². The predicted molar refractivity (Wildman–Crippen MR) is 86.7 cm³/mol. The summed E-state index contributed by atoms with van der Waals surface area (Å²) >= 11 is 1.44. The lowest BCUT2D eigenvalue weighted by atomic mass is 10.2. The average molecular weight is 317 g/mol. The maximum Gasteiger partial charge on any atom is 0.233 e. The number of benzene rings is 1. The minimum Gasteiger partial charge on any atom is -0.375 e. The number of ether oxygens (including phenoxy) is 1. The molecular formula is C16H19N3O2S. The fourth-order valence-electron chi connectivity index (χ4n) is 2.41. The van der Waals surface area contributed by atoms with Gasteiger partial charge in [-0.1, -0.05) is 42.1 Å². The number of H-pyrrole nitrogens is 1. The van der Waals surface area contributed by atoms with Crippen molar-refractivity contribution >= 4 is 17.7 Å². The molecule has 116 valence electrons. The second-order valence-electron chi connectivity index (χ2n) is 5.28. The lowest BCUT2D eigenvalue weighted by molar-refractivity contribution is -0.135. The van der Waals surface area contributed by atoms with E-state index in [1.54, 1.807) is 6.20 Å². The zero-order valence-electron chi connectivity index (χ0n) is 12.5. The summed E-state index contributed by atoms with van der Waals surface area (Å²) < 4.78 is 5.45. The van der Waals surface area contributed by atoms with Crippen LogP contribution in [-0.4, -0.2) is 52.3 Å². The van der Waals surface area contributed by atoms with Gasteiger partial charge in [-0.3, -0.25) is 4.79 Å². The van der Waals surface area contributed by atoms with Gasteiger partial charge in [0, 0.05) is 13.1 Å². The molecule has 1 amide bonds. The van der Waals surface area contributed by atoms with Crippen LogP contribution in [0.1, 0.15) is 6.92 Å². The third-order valence-corrected chi connectivity index (χ3v) is 4.44. The molecule has 1 N–H and O–H groups in total. The summed E-state index contributed by atoms with van der Waals surface area (Å²) in [7, 11) is 0. The largest absolute Gasteiger partial charge is 0.375 e. The number of amides is 1. The summed E-state index contributed by atoms with van der Waals surface area (Å²) in [4.78, 5) is 21.7. The molecule has 0 radical (unpaired) electrons. The van der Waals surface area contributed by atoms with E-state index in [1.807, 2.05) is 42.2 Å². The van der Waals surface area contributed by atoms with Crippen LogP contribution >= 0.6 is 11.8 Å². The number of nitrogens with one attached hydrogen (secondary N) is 1. The lowest BCUT2D eigenvalue weighted by Crippen LogP contribution is -2.45. The molecule has 2 aromatic rings. The number of hydrogen-bond acceptors (Lipinski definition) is 4. The fraction of sp³-hybridized carbons (Fsp3) is 0.375. The van der Waals surface area contributed by atoms with Crippen molar-refractivity contribution < 1.29 is 9.53 Å². The van der Waals surface area contributed by atoms with E-state index in [1.165, 1.54) is 11.8 Å². The number of aromatic amines is 1. The van der Waals surface area contributed by atoms with Crippen LogP contribution in [0.5, 0.6) is 0 Å². The zero-order chi connectivity index (χ0) is 15.4. The highest BCUT2D eigenvalue weighted by Crippen LogP contribution is 2.21. The highest BCUT2D eigenvalue weighted by Gasteiger charge is 2.21. The molecule has 0 saturated carbocycles. The first-order valence-electron chi connectivity index (χ1n) is 7.35. The van der Waals surface area contributed by atoms with Crippen LogP contribution in [0.15, 0.2) is 41.7 Å². The number of nitrogens with zero attached hydrogens (tertiary/aromatic N) is 2. The Balaban J connectivity index is 1.56. The van der Waals surface area contributed by atoms with E-state index in [9.17, 15) is 4.79 Å². The summed E-state index contributed by atoms with van der Waals surface area (Å²) in [6.07, 6.45) is 1.93. The highest BCUT2D eigenvalue weighted by atomic mass is 32.2. The minimum atomic E-state index is 0.121. The summed E-state index contributed by atoms with van der Waals surface area (Å²) in [5.74, 6) is 0.534. The number of carbonyl (C=O) groups is 1. The Hall–Kier alpha value is -1.79. The molecule has 0 bridgehead atoms. The first kappa shape index (κ1) is 15.1. The van der Waals surface area contributed by atoms with Crippen LogP contribution < -0.4 is 0 Å². The van der Waals surface area contributed by atoms with Gasteiger partial charge in [0.05, 0.1) is 30.4 Å². The number of hydrogen-bond donors (Lipinski definition) is 1. The standard InChI is InChI=1S/C16H19N3O2S/c1-12-10-19(7-8-21-12)15(20)11-22-16-17-9-14(18-16)13-5-3-2-4-6-13/h2-6,9,12H,7-8,10-11H2,1H3,(H,17,18)/t12-/m0/s1. The van der Waals surface area contributed by atoms with Crippen LogP contribution in [0.3, 0.4) is 0 Å². The van der Waals surface area contributed by atoms with Gasteiger partial charge in [0.25, 0.3) is 0 Å². The van der Waals surface area contributed by atoms with Crippen molar-refractivity contribution in [3.8, 4) is 11.3 Å². The molecule has 22 heavy (non-hydrogen) atoms. The SMILES string of the molecule is C[C@H]1CN(C(=O)CSc2ncc(-c3ccccc3)[nH]2)CCO1. The third kappa shape index (κ3) is 3.69. The second kappa shape index (κ2) is 6.98. The van der Waals surface area contributed by atoms with Crippen LogP contribution in [-0.2, 0) is 9.53 Å². The number of rotatable bonds is 4. The van der Waals surface area contributed by atoms with Crippen molar-refractivity contribution in [3.63, 3.8) is 0 Å². The molecule has 1 aliphatic heterocycles. The van der Waals surface area contributed by atoms with E-state index in [-0.39, 0.29) is 12.0 Å². The third-order valence-electron chi connectivity index (χ3n) is 3.56. The Morgan fingerprint density at radius 3 is 3.05 bits per heavy atom. The Morgan fingerprint density at radius 1 is 1.45 bits per heavy atom. The summed E-state index contributed by atoms with van der Waals surface area (Å²) in [5.41, 5.74) is 2.06.